The van der Waals surface area contributed by atoms with Crippen molar-refractivity contribution in [2.45, 2.75) is 13.0 Å². The first-order valence-corrected chi connectivity index (χ1v) is 5.22. The number of hydrogen-bond acceptors (Lipinski definition) is 2. The van der Waals surface area contributed by atoms with Gasteiger partial charge in [-0.25, -0.2) is 4.39 Å². The molecule has 4 heteroatoms. The van der Waals surface area contributed by atoms with E-state index in [9.17, 15) is 4.39 Å². The molecule has 0 aliphatic heterocycles. The molecular formula is C12H11ClFNO. The summed E-state index contributed by atoms with van der Waals surface area (Å²) < 4.78 is 18.2. The van der Waals surface area contributed by atoms with E-state index in [1.54, 1.807) is 18.2 Å². The number of rotatable bonds is 2. The van der Waals surface area contributed by atoms with E-state index in [1.165, 1.54) is 12.1 Å². The lowest BCUT2D eigenvalue weighted by atomic mass is 10.0. The van der Waals surface area contributed by atoms with Crippen molar-refractivity contribution < 1.29 is 8.81 Å². The molecule has 2 N–H and O–H groups in total. The average molecular weight is 240 g/mol. The second-order valence-corrected chi connectivity index (χ2v) is 3.99. The molecule has 0 fully saturated rings. The van der Waals surface area contributed by atoms with Crippen LogP contribution in [0.25, 0.3) is 0 Å². The molecule has 0 saturated heterocycles. The smallest absolute Gasteiger partial charge is 0.193 e. The molecule has 0 aliphatic carbocycles. The van der Waals surface area contributed by atoms with E-state index in [1.807, 2.05) is 6.92 Å². The van der Waals surface area contributed by atoms with Crippen molar-refractivity contribution in [3.8, 4) is 0 Å². The lowest BCUT2D eigenvalue weighted by Gasteiger charge is -2.12. The molecule has 0 saturated carbocycles. The number of hydrogen-bond donors (Lipinski definition) is 1. The van der Waals surface area contributed by atoms with E-state index in [4.69, 9.17) is 21.8 Å². The molecule has 2 aromatic rings. The molecule has 0 radical (unpaired) electrons. The maximum atomic E-state index is 12.9. The van der Waals surface area contributed by atoms with Crippen LogP contribution in [-0.2, 0) is 0 Å². The number of furan rings is 1. The molecule has 0 spiro atoms. The van der Waals surface area contributed by atoms with Gasteiger partial charge in [0.1, 0.15) is 11.6 Å². The maximum Gasteiger partial charge on any atom is 0.193 e. The van der Waals surface area contributed by atoms with Gasteiger partial charge in [-0.15, -0.1) is 0 Å². The van der Waals surface area contributed by atoms with Crippen LogP contribution >= 0.6 is 11.6 Å². The van der Waals surface area contributed by atoms with E-state index < -0.39 is 6.04 Å². The largest absolute Gasteiger partial charge is 0.448 e. The van der Waals surface area contributed by atoms with Crippen molar-refractivity contribution in [1.82, 2.24) is 0 Å². The van der Waals surface area contributed by atoms with Crippen LogP contribution in [0.5, 0.6) is 0 Å². The van der Waals surface area contributed by atoms with Gasteiger partial charge >= 0.3 is 0 Å². The minimum Gasteiger partial charge on any atom is -0.448 e. The Morgan fingerprint density at radius 2 is 2.06 bits per heavy atom. The van der Waals surface area contributed by atoms with E-state index in [2.05, 4.69) is 0 Å². The summed E-state index contributed by atoms with van der Waals surface area (Å²) in [6.45, 7) is 1.81. The molecule has 1 atom stereocenters. The van der Waals surface area contributed by atoms with Crippen molar-refractivity contribution in [2.24, 2.45) is 5.73 Å². The second-order valence-electron chi connectivity index (χ2n) is 3.62. The van der Waals surface area contributed by atoms with Crippen LogP contribution in [0, 0.1) is 12.7 Å². The number of nitrogens with two attached hydrogens (primary N) is 1. The highest BCUT2D eigenvalue weighted by atomic mass is 35.5. The predicted molar refractivity (Wildman–Crippen MR) is 60.9 cm³/mol. The summed E-state index contributed by atoms with van der Waals surface area (Å²) in [5, 5.41) is 0.296. The van der Waals surface area contributed by atoms with Crippen LogP contribution < -0.4 is 5.73 Å². The monoisotopic (exact) mass is 239 g/mol. The molecule has 0 aliphatic rings. The third-order valence-corrected chi connectivity index (χ3v) is 2.67. The molecule has 1 unspecified atom stereocenters. The van der Waals surface area contributed by atoms with E-state index in [0.29, 0.717) is 11.0 Å². The van der Waals surface area contributed by atoms with Crippen LogP contribution in [0.2, 0.25) is 5.22 Å². The average Bonchev–Trinajstić information content (AvgIpc) is 2.64. The standard InChI is InChI=1S/C12H11ClFNO/c1-7-6-8(14)2-3-9(7)12(15)10-4-5-11(13)16-10/h2-6,12H,15H2,1H3. The topological polar surface area (TPSA) is 39.2 Å². The summed E-state index contributed by atoms with van der Waals surface area (Å²) in [5.74, 6) is 0.297. The third kappa shape index (κ3) is 2.10. The highest BCUT2D eigenvalue weighted by Gasteiger charge is 2.15. The first-order chi connectivity index (χ1) is 7.58. The van der Waals surface area contributed by atoms with Crippen molar-refractivity contribution >= 4 is 11.6 Å². The lowest BCUT2D eigenvalue weighted by molar-refractivity contribution is 0.490. The first-order valence-electron chi connectivity index (χ1n) is 4.85. The molecule has 1 heterocycles. The summed E-state index contributed by atoms with van der Waals surface area (Å²) >= 11 is 5.67. The number of benzene rings is 1. The van der Waals surface area contributed by atoms with Crippen LogP contribution in [-0.4, -0.2) is 0 Å². The highest BCUT2D eigenvalue weighted by Crippen LogP contribution is 2.26. The summed E-state index contributed by atoms with van der Waals surface area (Å²) in [6, 6.07) is 7.41. The van der Waals surface area contributed by atoms with Gasteiger partial charge in [-0.1, -0.05) is 6.07 Å². The van der Waals surface area contributed by atoms with Gasteiger partial charge in [0.2, 0.25) is 0 Å². The molecule has 2 nitrogen and oxygen atoms in total. The van der Waals surface area contributed by atoms with Gasteiger partial charge in [0.25, 0.3) is 0 Å². The molecule has 0 amide bonds. The Bertz CT molecular complexity index is 509. The van der Waals surface area contributed by atoms with Crippen molar-refractivity contribution in [3.05, 3.63) is 58.3 Å². The van der Waals surface area contributed by atoms with Gasteiger partial charge in [-0.3, -0.25) is 0 Å². The van der Waals surface area contributed by atoms with Gasteiger partial charge in [0.05, 0.1) is 6.04 Å². The SMILES string of the molecule is Cc1cc(F)ccc1C(N)c1ccc(Cl)o1. The highest BCUT2D eigenvalue weighted by molar-refractivity contribution is 6.28. The summed E-state index contributed by atoms with van der Waals surface area (Å²) in [4.78, 5) is 0. The Kier molecular flexibility index (Phi) is 2.99. The Hall–Kier alpha value is -1.32. The third-order valence-electron chi connectivity index (χ3n) is 2.47. The van der Waals surface area contributed by atoms with E-state index in [0.717, 1.165) is 11.1 Å². The number of aryl methyl sites for hydroxylation is 1. The normalized spacial score (nSPS) is 12.8. The Labute approximate surface area is 97.8 Å². The predicted octanol–water partition coefficient (Wildman–Crippen LogP) is 3.43. The fraction of sp³-hybridized carbons (Fsp3) is 0.167. The van der Waals surface area contributed by atoms with Gasteiger partial charge in [-0.2, -0.15) is 0 Å². The van der Waals surface area contributed by atoms with Crippen LogP contribution in [0.3, 0.4) is 0 Å². The minimum absolute atomic E-state index is 0.272. The summed E-state index contributed by atoms with van der Waals surface area (Å²) in [6.07, 6.45) is 0. The zero-order chi connectivity index (χ0) is 11.7. The second kappa shape index (κ2) is 4.28. The molecular weight excluding hydrogens is 229 g/mol. The fourth-order valence-corrected chi connectivity index (χ4v) is 1.79. The number of halogens is 2. The molecule has 16 heavy (non-hydrogen) atoms. The van der Waals surface area contributed by atoms with Crippen molar-refractivity contribution in [1.29, 1.82) is 0 Å². The Balaban J connectivity index is 2.37. The molecule has 84 valence electrons. The van der Waals surface area contributed by atoms with E-state index in [-0.39, 0.29) is 5.82 Å². The van der Waals surface area contributed by atoms with Crippen LogP contribution in [0.4, 0.5) is 4.39 Å². The quantitative estimate of drug-likeness (QED) is 0.872. The Morgan fingerprint density at radius 1 is 1.31 bits per heavy atom. The van der Waals surface area contributed by atoms with E-state index >= 15 is 0 Å². The summed E-state index contributed by atoms with van der Waals surface area (Å²) in [7, 11) is 0. The van der Waals surface area contributed by atoms with Crippen LogP contribution in [0.1, 0.15) is 22.9 Å². The zero-order valence-corrected chi connectivity index (χ0v) is 9.46. The van der Waals surface area contributed by atoms with Gasteiger partial charge in [0, 0.05) is 0 Å². The summed E-state index contributed by atoms with van der Waals surface area (Å²) in [5.41, 5.74) is 7.62. The van der Waals surface area contributed by atoms with Gasteiger partial charge < -0.3 is 10.2 Å². The fourth-order valence-electron chi connectivity index (χ4n) is 1.64. The molecule has 0 bridgehead atoms. The minimum atomic E-state index is -0.423. The van der Waals surface area contributed by atoms with Gasteiger partial charge in [-0.05, 0) is 53.9 Å². The first kappa shape index (κ1) is 11.2. The van der Waals surface area contributed by atoms with Gasteiger partial charge in [0.15, 0.2) is 5.22 Å². The Morgan fingerprint density at radius 3 is 2.62 bits per heavy atom. The molecule has 2 rings (SSSR count). The zero-order valence-electron chi connectivity index (χ0n) is 8.71. The van der Waals surface area contributed by atoms with Crippen molar-refractivity contribution in [3.63, 3.8) is 0 Å². The van der Waals surface area contributed by atoms with Crippen molar-refractivity contribution in [2.75, 3.05) is 0 Å². The lowest BCUT2D eigenvalue weighted by Crippen LogP contribution is -2.12. The van der Waals surface area contributed by atoms with Crippen LogP contribution in [0.15, 0.2) is 34.7 Å². The molecule has 1 aromatic heterocycles. The maximum absolute atomic E-state index is 12.9. The molecule has 1 aromatic carbocycles.